The Morgan fingerprint density at radius 1 is 1.25 bits per heavy atom. The molecule has 36 heavy (non-hydrogen) atoms. The molecule has 3 aromatic rings. The summed E-state index contributed by atoms with van der Waals surface area (Å²) < 4.78 is 12.9. The van der Waals surface area contributed by atoms with Crippen molar-refractivity contribution in [2.45, 2.75) is 39.8 Å². The highest BCUT2D eigenvalue weighted by atomic mass is 32.1. The van der Waals surface area contributed by atoms with E-state index in [1.54, 1.807) is 44.2 Å². The van der Waals surface area contributed by atoms with Gasteiger partial charge in [-0.25, -0.2) is 9.79 Å². The number of esters is 1. The zero-order valence-corrected chi connectivity index (χ0v) is 21.1. The van der Waals surface area contributed by atoms with E-state index in [0.717, 1.165) is 11.3 Å². The van der Waals surface area contributed by atoms with Crippen LogP contribution in [-0.4, -0.2) is 28.2 Å². The number of rotatable bonds is 7. The van der Waals surface area contributed by atoms with Gasteiger partial charge in [0, 0.05) is 12.1 Å². The molecule has 0 aliphatic carbocycles. The Hall–Kier alpha value is -4.05. The Balaban J connectivity index is 1.89. The highest BCUT2D eigenvalue weighted by Crippen LogP contribution is 2.31. The second kappa shape index (κ2) is 10.3. The number of fused-ring (bicyclic) bond motifs is 1. The molecule has 0 bridgehead atoms. The Morgan fingerprint density at radius 2 is 1.97 bits per heavy atom. The summed E-state index contributed by atoms with van der Waals surface area (Å²) in [5.41, 5.74) is 1.53. The van der Waals surface area contributed by atoms with Crippen LogP contribution in [0, 0.1) is 10.1 Å². The fourth-order valence-electron chi connectivity index (χ4n) is 3.99. The lowest BCUT2D eigenvalue weighted by atomic mass is 9.96. The number of nitro benzene ring substituents is 1. The first kappa shape index (κ1) is 25.1. The Bertz CT molecular complexity index is 1530. The molecule has 0 radical (unpaired) electrons. The number of carbonyl (C=O) groups excluding carboxylic acids is 1. The van der Waals surface area contributed by atoms with E-state index in [1.807, 2.05) is 26.0 Å². The first-order valence-electron chi connectivity index (χ1n) is 11.4. The van der Waals surface area contributed by atoms with Gasteiger partial charge in [-0.15, -0.1) is 0 Å². The number of nitrogens with zero attached hydrogens (tertiary/aromatic N) is 3. The third-order valence-electron chi connectivity index (χ3n) is 5.46. The topological polar surface area (TPSA) is 113 Å². The zero-order valence-electron chi connectivity index (χ0n) is 20.3. The molecule has 1 aliphatic rings. The third-order valence-corrected chi connectivity index (χ3v) is 6.45. The quantitative estimate of drug-likeness (QED) is 0.275. The monoisotopic (exact) mass is 507 g/mol. The number of nitro groups is 1. The van der Waals surface area contributed by atoms with Crippen molar-refractivity contribution in [2.24, 2.45) is 4.99 Å². The molecule has 186 valence electrons. The molecule has 1 aromatic heterocycles. The third kappa shape index (κ3) is 4.99. The number of allylic oxidation sites excluding steroid dienone is 1. The minimum absolute atomic E-state index is 0.000402. The fraction of sp³-hybridized carbons (Fsp3) is 0.269. The summed E-state index contributed by atoms with van der Waals surface area (Å²) in [5, 5.41) is 11.2. The molecular formula is C26H25N3O6S. The van der Waals surface area contributed by atoms with Crippen molar-refractivity contribution in [3.8, 4) is 5.75 Å². The van der Waals surface area contributed by atoms with Gasteiger partial charge in [0.25, 0.3) is 11.2 Å². The molecule has 0 saturated heterocycles. The summed E-state index contributed by atoms with van der Waals surface area (Å²) in [4.78, 5) is 42.2. The van der Waals surface area contributed by atoms with Gasteiger partial charge in [0.05, 0.1) is 39.5 Å². The first-order chi connectivity index (χ1) is 17.2. The number of carbonyl (C=O) groups is 1. The molecule has 4 rings (SSSR count). The van der Waals surface area contributed by atoms with Crippen LogP contribution in [0.1, 0.15) is 44.9 Å². The molecule has 0 amide bonds. The Morgan fingerprint density at radius 3 is 2.61 bits per heavy atom. The molecular weight excluding hydrogens is 482 g/mol. The first-order valence-corrected chi connectivity index (χ1v) is 12.2. The van der Waals surface area contributed by atoms with Gasteiger partial charge in [-0.2, -0.15) is 0 Å². The molecule has 2 aromatic carbocycles. The molecule has 0 saturated carbocycles. The maximum Gasteiger partial charge on any atom is 0.338 e. The van der Waals surface area contributed by atoms with Crippen LogP contribution in [0.4, 0.5) is 5.69 Å². The number of aromatic nitrogens is 1. The zero-order chi connectivity index (χ0) is 26.0. The molecule has 2 heterocycles. The summed E-state index contributed by atoms with van der Waals surface area (Å²) >= 11 is 1.16. The highest BCUT2D eigenvalue weighted by Gasteiger charge is 2.33. The Kier molecular flexibility index (Phi) is 7.16. The second-order valence-electron chi connectivity index (χ2n) is 8.39. The number of non-ortho nitro benzene ring substituents is 1. The summed E-state index contributed by atoms with van der Waals surface area (Å²) in [7, 11) is 0. The highest BCUT2D eigenvalue weighted by molar-refractivity contribution is 7.07. The molecule has 0 fully saturated rings. The van der Waals surface area contributed by atoms with Gasteiger partial charge in [0.15, 0.2) is 4.80 Å². The van der Waals surface area contributed by atoms with Crippen molar-refractivity contribution in [1.82, 2.24) is 4.57 Å². The maximum atomic E-state index is 13.6. The molecule has 1 aliphatic heterocycles. The number of hydrogen-bond donors (Lipinski definition) is 0. The normalized spacial score (nSPS) is 15.5. The SMILES string of the molecule is CCOC(=O)C1=C(C)N=c2s/c(=C\c3cccc([N+](=O)[O-])c3)c(=O)n2[C@@H]1c1ccc(OC(C)C)cc1. The van der Waals surface area contributed by atoms with E-state index in [9.17, 15) is 19.7 Å². The van der Waals surface area contributed by atoms with Gasteiger partial charge in [0.1, 0.15) is 5.75 Å². The van der Waals surface area contributed by atoms with Crippen LogP contribution in [0.2, 0.25) is 0 Å². The van der Waals surface area contributed by atoms with Crippen molar-refractivity contribution < 1.29 is 19.2 Å². The predicted molar refractivity (Wildman–Crippen MR) is 136 cm³/mol. The summed E-state index contributed by atoms with van der Waals surface area (Å²) in [6.07, 6.45) is 1.59. The number of hydrogen-bond acceptors (Lipinski definition) is 8. The lowest BCUT2D eigenvalue weighted by Gasteiger charge is -2.25. The smallest absolute Gasteiger partial charge is 0.338 e. The average Bonchev–Trinajstić information content (AvgIpc) is 3.13. The van der Waals surface area contributed by atoms with E-state index in [2.05, 4.69) is 4.99 Å². The van der Waals surface area contributed by atoms with E-state index in [0.29, 0.717) is 31.9 Å². The van der Waals surface area contributed by atoms with Crippen LogP contribution >= 0.6 is 11.3 Å². The molecule has 1 atom stereocenters. The number of thiazole rings is 1. The van der Waals surface area contributed by atoms with Crippen molar-refractivity contribution >= 4 is 29.1 Å². The Labute approximate surface area is 210 Å². The maximum absolute atomic E-state index is 13.6. The van der Waals surface area contributed by atoms with Gasteiger partial charge in [-0.1, -0.05) is 35.6 Å². The van der Waals surface area contributed by atoms with E-state index >= 15 is 0 Å². The van der Waals surface area contributed by atoms with Crippen LogP contribution in [0.25, 0.3) is 6.08 Å². The van der Waals surface area contributed by atoms with Crippen LogP contribution in [-0.2, 0) is 9.53 Å². The van der Waals surface area contributed by atoms with Crippen molar-refractivity contribution in [3.63, 3.8) is 0 Å². The van der Waals surface area contributed by atoms with Crippen molar-refractivity contribution in [1.29, 1.82) is 0 Å². The predicted octanol–water partition coefficient (Wildman–Crippen LogP) is 3.49. The van der Waals surface area contributed by atoms with E-state index in [-0.39, 0.29) is 29.5 Å². The van der Waals surface area contributed by atoms with Crippen molar-refractivity contribution in [3.05, 3.63) is 101 Å². The molecule has 0 spiro atoms. The molecule has 9 nitrogen and oxygen atoms in total. The van der Waals surface area contributed by atoms with Crippen molar-refractivity contribution in [2.75, 3.05) is 6.61 Å². The van der Waals surface area contributed by atoms with Crippen LogP contribution in [0.15, 0.2) is 69.6 Å². The van der Waals surface area contributed by atoms with Crippen LogP contribution in [0.3, 0.4) is 0 Å². The minimum atomic E-state index is -0.749. The van der Waals surface area contributed by atoms with Crippen LogP contribution < -0.4 is 19.6 Å². The summed E-state index contributed by atoms with van der Waals surface area (Å²) in [5.74, 6) is 0.129. The van der Waals surface area contributed by atoms with Gasteiger partial charge in [0.2, 0.25) is 0 Å². The average molecular weight is 508 g/mol. The lowest BCUT2D eigenvalue weighted by molar-refractivity contribution is -0.384. The summed E-state index contributed by atoms with van der Waals surface area (Å²) in [6, 6.07) is 12.5. The molecule has 10 heteroatoms. The molecule has 0 N–H and O–H groups in total. The van der Waals surface area contributed by atoms with Gasteiger partial charge in [-0.3, -0.25) is 19.5 Å². The van der Waals surface area contributed by atoms with E-state index < -0.39 is 16.9 Å². The van der Waals surface area contributed by atoms with Gasteiger partial charge in [-0.05, 0) is 57.0 Å². The molecule has 0 unspecified atom stereocenters. The minimum Gasteiger partial charge on any atom is -0.491 e. The second-order valence-corrected chi connectivity index (χ2v) is 9.40. The van der Waals surface area contributed by atoms with Gasteiger partial charge < -0.3 is 9.47 Å². The van der Waals surface area contributed by atoms with Crippen LogP contribution in [0.5, 0.6) is 5.75 Å². The lowest BCUT2D eigenvalue weighted by Crippen LogP contribution is -2.39. The van der Waals surface area contributed by atoms with Gasteiger partial charge >= 0.3 is 5.97 Å². The fourth-order valence-corrected chi connectivity index (χ4v) is 5.03. The largest absolute Gasteiger partial charge is 0.491 e. The van der Waals surface area contributed by atoms with E-state index in [1.165, 1.54) is 16.7 Å². The van der Waals surface area contributed by atoms with E-state index in [4.69, 9.17) is 9.47 Å². The number of benzene rings is 2. The summed E-state index contributed by atoms with van der Waals surface area (Å²) in [6.45, 7) is 7.47. The standard InChI is InChI=1S/C26H25N3O6S/c1-5-34-25(31)22-16(4)27-26-28(23(22)18-9-11-20(12-10-18)35-15(2)3)24(30)21(36-26)14-17-7-6-8-19(13-17)29(32)33/h6-15,23H,5H2,1-4H3/b21-14-/t23-/m1/s1. The number of ether oxygens (including phenoxy) is 2.